The number of rotatable bonds is 5. The van der Waals surface area contributed by atoms with E-state index in [0.717, 1.165) is 29.4 Å². The van der Waals surface area contributed by atoms with Gasteiger partial charge in [-0.15, -0.1) is 0 Å². The zero-order valence-electron chi connectivity index (χ0n) is 17.9. The van der Waals surface area contributed by atoms with E-state index in [1.54, 1.807) is 36.3 Å². The molecule has 1 aliphatic carbocycles. The van der Waals surface area contributed by atoms with E-state index in [1.807, 2.05) is 30.3 Å². The number of piperazine rings is 1. The van der Waals surface area contributed by atoms with Gasteiger partial charge in [-0.2, -0.15) is 4.31 Å². The minimum Gasteiger partial charge on any atom is -0.497 e. The van der Waals surface area contributed by atoms with E-state index in [0.29, 0.717) is 30.3 Å². The molecule has 0 atom stereocenters. The molecule has 7 nitrogen and oxygen atoms in total. The monoisotopic (exact) mass is 451 g/mol. The Morgan fingerprint density at radius 2 is 1.69 bits per heavy atom. The second-order valence-corrected chi connectivity index (χ2v) is 10.2. The lowest BCUT2D eigenvalue weighted by atomic mass is 10.0. The van der Waals surface area contributed by atoms with E-state index in [-0.39, 0.29) is 23.9 Å². The number of nitrogens with zero attached hydrogens (tertiary/aromatic N) is 3. The summed E-state index contributed by atoms with van der Waals surface area (Å²) in [5.74, 6) is 0.985. The molecule has 1 aliphatic heterocycles. The van der Waals surface area contributed by atoms with Crippen molar-refractivity contribution in [3.8, 4) is 5.75 Å². The second-order valence-electron chi connectivity index (χ2n) is 8.26. The van der Waals surface area contributed by atoms with E-state index >= 15 is 0 Å². The third-order valence-electron chi connectivity index (χ3n) is 6.19. The Morgan fingerprint density at radius 1 is 1.00 bits per heavy atom. The summed E-state index contributed by atoms with van der Waals surface area (Å²) in [6.07, 6.45) is 2.22. The fourth-order valence-corrected chi connectivity index (χ4v) is 5.58. The van der Waals surface area contributed by atoms with Crippen LogP contribution in [0.1, 0.15) is 34.8 Å². The summed E-state index contributed by atoms with van der Waals surface area (Å²) in [5.41, 5.74) is 2.47. The van der Waals surface area contributed by atoms with Crippen LogP contribution in [0.25, 0.3) is 10.9 Å². The van der Waals surface area contributed by atoms with Crippen LogP contribution >= 0.6 is 0 Å². The maximum Gasteiger partial charge on any atom is 0.254 e. The minimum absolute atomic E-state index is 0.0630. The molecule has 0 spiro atoms. The summed E-state index contributed by atoms with van der Waals surface area (Å²) in [6.45, 7) is 1.23. The van der Waals surface area contributed by atoms with Gasteiger partial charge in [-0.25, -0.2) is 8.42 Å². The van der Waals surface area contributed by atoms with Gasteiger partial charge in [-0.05, 0) is 49.2 Å². The lowest BCUT2D eigenvalue weighted by Crippen LogP contribution is -2.50. The Bertz CT molecular complexity index is 1260. The Morgan fingerprint density at radius 3 is 2.34 bits per heavy atom. The summed E-state index contributed by atoms with van der Waals surface area (Å²) in [6, 6.07) is 16.0. The van der Waals surface area contributed by atoms with Gasteiger partial charge in [-0.1, -0.05) is 18.2 Å². The Hall–Kier alpha value is -2.97. The van der Waals surface area contributed by atoms with Crippen LogP contribution in [0.15, 0.2) is 59.5 Å². The molecule has 2 fully saturated rings. The number of amides is 1. The SMILES string of the molecule is COc1ccc(S(=O)(=O)N2CCN(C(=O)c3cc(C4CC4)nc4ccccc34)CC2)cc1. The number of fused-ring (bicyclic) bond motifs is 1. The first kappa shape index (κ1) is 20.9. The number of carbonyl (C=O) groups is 1. The lowest BCUT2D eigenvalue weighted by Gasteiger charge is -2.34. The maximum absolute atomic E-state index is 13.4. The van der Waals surface area contributed by atoms with Gasteiger partial charge in [0.25, 0.3) is 5.91 Å². The van der Waals surface area contributed by atoms with Crippen LogP contribution in [0.5, 0.6) is 5.75 Å². The highest BCUT2D eigenvalue weighted by atomic mass is 32.2. The number of methoxy groups -OCH3 is 1. The third-order valence-corrected chi connectivity index (χ3v) is 8.10. The van der Waals surface area contributed by atoms with E-state index in [2.05, 4.69) is 0 Å². The molecule has 2 aliphatic rings. The standard InChI is InChI=1S/C24H25N3O4S/c1-31-18-8-10-19(11-9-18)32(29,30)27-14-12-26(13-15-27)24(28)21-16-23(17-6-7-17)25-22-5-3-2-4-20(21)22/h2-5,8-11,16-17H,6-7,12-15H2,1H3. The lowest BCUT2D eigenvalue weighted by molar-refractivity contribution is 0.0699. The largest absolute Gasteiger partial charge is 0.497 e. The number of sulfonamides is 1. The Balaban J connectivity index is 1.35. The van der Waals surface area contributed by atoms with Crippen LogP contribution in [-0.4, -0.2) is 61.8 Å². The highest BCUT2D eigenvalue weighted by Crippen LogP contribution is 2.40. The van der Waals surface area contributed by atoms with E-state index in [9.17, 15) is 13.2 Å². The van der Waals surface area contributed by atoms with Crippen molar-refractivity contribution in [2.45, 2.75) is 23.7 Å². The number of pyridine rings is 1. The first-order chi connectivity index (χ1) is 15.5. The zero-order valence-corrected chi connectivity index (χ0v) is 18.7. The van der Waals surface area contributed by atoms with Crippen molar-refractivity contribution in [1.29, 1.82) is 0 Å². The highest BCUT2D eigenvalue weighted by Gasteiger charge is 2.32. The molecule has 2 heterocycles. The molecule has 1 amide bonds. The van der Waals surface area contributed by atoms with Gasteiger partial charge in [-0.3, -0.25) is 9.78 Å². The number of carbonyl (C=O) groups excluding carboxylic acids is 1. The van der Waals surface area contributed by atoms with E-state index in [1.165, 1.54) is 4.31 Å². The van der Waals surface area contributed by atoms with Gasteiger partial charge >= 0.3 is 0 Å². The van der Waals surface area contributed by atoms with Crippen LogP contribution < -0.4 is 4.74 Å². The number of hydrogen-bond acceptors (Lipinski definition) is 5. The highest BCUT2D eigenvalue weighted by molar-refractivity contribution is 7.89. The topological polar surface area (TPSA) is 79.8 Å². The molecule has 0 radical (unpaired) electrons. The van der Waals surface area contributed by atoms with Crippen LogP contribution in [0, 0.1) is 0 Å². The smallest absolute Gasteiger partial charge is 0.254 e. The zero-order chi connectivity index (χ0) is 22.3. The van der Waals surface area contributed by atoms with Crippen LogP contribution in [-0.2, 0) is 10.0 Å². The molecular formula is C24H25N3O4S. The Kier molecular flexibility index (Phi) is 5.35. The number of hydrogen-bond donors (Lipinski definition) is 0. The van der Waals surface area contributed by atoms with E-state index in [4.69, 9.17) is 9.72 Å². The molecular weight excluding hydrogens is 426 g/mol. The molecule has 32 heavy (non-hydrogen) atoms. The molecule has 2 aromatic carbocycles. The van der Waals surface area contributed by atoms with Gasteiger partial charge in [0, 0.05) is 43.2 Å². The predicted octanol–water partition coefficient (Wildman–Crippen LogP) is 3.27. The third kappa shape index (κ3) is 3.84. The molecule has 3 aromatic rings. The Labute approximate surface area is 187 Å². The number of ether oxygens (including phenoxy) is 1. The number of aromatic nitrogens is 1. The molecule has 166 valence electrons. The summed E-state index contributed by atoms with van der Waals surface area (Å²) in [5, 5.41) is 0.843. The van der Waals surface area contributed by atoms with E-state index < -0.39 is 10.0 Å². The summed E-state index contributed by atoms with van der Waals surface area (Å²) in [7, 11) is -2.07. The van der Waals surface area contributed by atoms with Crippen molar-refractivity contribution in [3.05, 3.63) is 65.9 Å². The molecule has 0 bridgehead atoms. The van der Waals surface area contributed by atoms with Crippen LogP contribution in [0.2, 0.25) is 0 Å². The second kappa shape index (κ2) is 8.18. The summed E-state index contributed by atoms with van der Waals surface area (Å²) >= 11 is 0. The first-order valence-electron chi connectivity index (χ1n) is 10.8. The maximum atomic E-state index is 13.4. The summed E-state index contributed by atoms with van der Waals surface area (Å²) < 4.78 is 32.6. The predicted molar refractivity (Wildman–Crippen MR) is 121 cm³/mol. The van der Waals surface area contributed by atoms with Gasteiger partial charge in [0.05, 0.1) is 23.1 Å². The van der Waals surface area contributed by atoms with Gasteiger partial charge in [0.15, 0.2) is 0 Å². The molecule has 1 saturated carbocycles. The molecule has 5 rings (SSSR count). The van der Waals surface area contributed by atoms with Crippen molar-refractivity contribution >= 4 is 26.8 Å². The molecule has 0 N–H and O–H groups in total. The molecule has 1 saturated heterocycles. The molecule has 1 aromatic heterocycles. The number of para-hydroxylation sites is 1. The van der Waals surface area contributed by atoms with Crippen molar-refractivity contribution in [2.75, 3.05) is 33.3 Å². The quantitative estimate of drug-likeness (QED) is 0.595. The summed E-state index contributed by atoms with van der Waals surface area (Å²) in [4.78, 5) is 20.1. The van der Waals surface area contributed by atoms with Crippen LogP contribution in [0.4, 0.5) is 0 Å². The fourth-order valence-electron chi connectivity index (χ4n) is 4.16. The van der Waals surface area contributed by atoms with Gasteiger partial charge in [0.1, 0.15) is 5.75 Å². The van der Waals surface area contributed by atoms with Crippen LogP contribution in [0.3, 0.4) is 0 Å². The van der Waals surface area contributed by atoms with Crippen molar-refractivity contribution in [3.63, 3.8) is 0 Å². The average Bonchev–Trinajstić information content (AvgIpc) is 3.69. The average molecular weight is 452 g/mol. The van der Waals surface area contributed by atoms with Gasteiger partial charge in [0.2, 0.25) is 10.0 Å². The van der Waals surface area contributed by atoms with Crippen molar-refractivity contribution < 1.29 is 17.9 Å². The fraction of sp³-hybridized carbons (Fsp3) is 0.333. The first-order valence-corrected chi connectivity index (χ1v) is 12.2. The molecule has 0 unspecified atom stereocenters. The number of benzene rings is 2. The van der Waals surface area contributed by atoms with Crippen molar-refractivity contribution in [2.24, 2.45) is 0 Å². The molecule has 8 heteroatoms. The minimum atomic E-state index is -3.62. The normalized spacial score (nSPS) is 17.5. The van der Waals surface area contributed by atoms with Gasteiger partial charge < -0.3 is 9.64 Å². The van der Waals surface area contributed by atoms with Crippen molar-refractivity contribution in [1.82, 2.24) is 14.2 Å².